The Morgan fingerprint density at radius 1 is 1.33 bits per heavy atom. The molecule has 0 aliphatic rings. The van der Waals surface area contributed by atoms with Gasteiger partial charge in [-0.3, -0.25) is 0 Å². The van der Waals surface area contributed by atoms with Gasteiger partial charge >= 0.3 is 0 Å². The molecule has 0 fully saturated rings. The van der Waals surface area contributed by atoms with Gasteiger partial charge in [-0.2, -0.15) is 0 Å². The molecule has 1 unspecified atom stereocenters. The predicted molar refractivity (Wildman–Crippen MR) is 75.2 cm³/mol. The lowest BCUT2D eigenvalue weighted by molar-refractivity contribution is 0.0391. The SMILES string of the molecule is CCNCC(OCCCOC)c1cccc(Cl)c1. The van der Waals surface area contributed by atoms with Crippen molar-refractivity contribution < 1.29 is 9.47 Å². The van der Waals surface area contributed by atoms with Crippen LogP contribution in [0.3, 0.4) is 0 Å². The molecular weight excluding hydrogens is 250 g/mol. The van der Waals surface area contributed by atoms with Crippen LogP contribution in [-0.4, -0.2) is 33.4 Å². The van der Waals surface area contributed by atoms with Gasteiger partial charge in [0.25, 0.3) is 0 Å². The van der Waals surface area contributed by atoms with E-state index in [1.165, 1.54) is 0 Å². The first-order chi connectivity index (χ1) is 8.77. The molecule has 102 valence electrons. The van der Waals surface area contributed by atoms with Gasteiger partial charge in [0.2, 0.25) is 0 Å². The van der Waals surface area contributed by atoms with Gasteiger partial charge in [0, 0.05) is 31.9 Å². The maximum atomic E-state index is 6.01. The highest BCUT2D eigenvalue weighted by molar-refractivity contribution is 6.30. The molecule has 0 aliphatic carbocycles. The van der Waals surface area contributed by atoms with E-state index in [4.69, 9.17) is 21.1 Å². The van der Waals surface area contributed by atoms with Crippen molar-refractivity contribution in [3.63, 3.8) is 0 Å². The number of hydrogen-bond acceptors (Lipinski definition) is 3. The quantitative estimate of drug-likeness (QED) is 0.701. The second kappa shape index (κ2) is 9.34. The topological polar surface area (TPSA) is 30.5 Å². The summed E-state index contributed by atoms with van der Waals surface area (Å²) in [4.78, 5) is 0. The molecule has 0 bridgehead atoms. The van der Waals surface area contributed by atoms with Gasteiger partial charge in [-0.1, -0.05) is 30.7 Å². The van der Waals surface area contributed by atoms with Gasteiger partial charge in [0.15, 0.2) is 0 Å². The van der Waals surface area contributed by atoms with Crippen molar-refractivity contribution in [2.24, 2.45) is 0 Å². The molecule has 18 heavy (non-hydrogen) atoms. The zero-order valence-electron chi connectivity index (χ0n) is 11.1. The minimum atomic E-state index is 0.0421. The molecule has 1 rings (SSSR count). The van der Waals surface area contributed by atoms with Gasteiger partial charge < -0.3 is 14.8 Å². The number of halogens is 1. The molecule has 0 aliphatic heterocycles. The Morgan fingerprint density at radius 2 is 2.17 bits per heavy atom. The van der Waals surface area contributed by atoms with E-state index in [0.29, 0.717) is 6.61 Å². The maximum Gasteiger partial charge on any atom is 0.0949 e. The normalized spacial score (nSPS) is 12.6. The van der Waals surface area contributed by atoms with Crippen LogP contribution in [0.25, 0.3) is 0 Å². The molecule has 1 atom stereocenters. The second-order valence-corrected chi connectivity index (χ2v) is 4.50. The van der Waals surface area contributed by atoms with E-state index in [9.17, 15) is 0 Å². The Bertz CT molecular complexity index is 333. The van der Waals surface area contributed by atoms with Crippen molar-refractivity contribution >= 4 is 11.6 Å². The molecule has 0 aromatic heterocycles. The minimum absolute atomic E-state index is 0.0421. The summed E-state index contributed by atoms with van der Waals surface area (Å²) in [5.41, 5.74) is 1.11. The molecule has 0 saturated heterocycles. The van der Waals surface area contributed by atoms with E-state index in [0.717, 1.165) is 36.7 Å². The van der Waals surface area contributed by atoms with Gasteiger partial charge in [0.1, 0.15) is 0 Å². The molecule has 4 heteroatoms. The lowest BCUT2D eigenvalue weighted by atomic mass is 10.1. The fourth-order valence-corrected chi connectivity index (χ4v) is 1.88. The van der Waals surface area contributed by atoms with Gasteiger partial charge in [0.05, 0.1) is 6.10 Å². The fourth-order valence-electron chi connectivity index (χ4n) is 1.68. The van der Waals surface area contributed by atoms with E-state index >= 15 is 0 Å². The molecule has 1 N–H and O–H groups in total. The standard InChI is InChI=1S/C14H22ClNO2/c1-3-16-11-14(18-9-5-8-17-2)12-6-4-7-13(15)10-12/h4,6-7,10,14,16H,3,5,8-9,11H2,1-2H3. The number of benzene rings is 1. The monoisotopic (exact) mass is 271 g/mol. The number of hydrogen-bond donors (Lipinski definition) is 1. The highest BCUT2D eigenvalue weighted by Gasteiger charge is 2.11. The predicted octanol–water partition coefficient (Wildman–Crippen LogP) is 3.04. The summed E-state index contributed by atoms with van der Waals surface area (Å²) in [6, 6.07) is 7.83. The van der Waals surface area contributed by atoms with Crippen molar-refractivity contribution in [2.45, 2.75) is 19.4 Å². The van der Waals surface area contributed by atoms with Gasteiger partial charge in [-0.25, -0.2) is 0 Å². The van der Waals surface area contributed by atoms with Crippen LogP contribution in [-0.2, 0) is 9.47 Å². The van der Waals surface area contributed by atoms with E-state index in [1.807, 2.05) is 24.3 Å². The van der Waals surface area contributed by atoms with Crippen LogP contribution >= 0.6 is 11.6 Å². The lowest BCUT2D eigenvalue weighted by Crippen LogP contribution is -2.23. The van der Waals surface area contributed by atoms with E-state index in [-0.39, 0.29) is 6.10 Å². The third-order valence-corrected chi connectivity index (χ3v) is 2.85. The third-order valence-electron chi connectivity index (χ3n) is 2.61. The Hall–Kier alpha value is -0.610. The molecule has 0 saturated carbocycles. The average Bonchev–Trinajstić information content (AvgIpc) is 2.38. The summed E-state index contributed by atoms with van der Waals surface area (Å²) >= 11 is 6.01. The zero-order chi connectivity index (χ0) is 13.2. The molecule has 0 spiro atoms. The molecule has 0 amide bonds. The average molecular weight is 272 g/mol. The molecule has 0 heterocycles. The number of nitrogens with one attached hydrogen (secondary N) is 1. The van der Waals surface area contributed by atoms with Crippen molar-refractivity contribution in [3.8, 4) is 0 Å². The zero-order valence-corrected chi connectivity index (χ0v) is 11.9. The van der Waals surface area contributed by atoms with Crippen LogP contribution in [0, 0.1) is 0 Å². The number of rotatable bonds is 9. The summed E-state index contributed by atoms with van der Waals surface area (Å²) in [7, 11) is 1.70. The third kappa shape index (κ3) is 5.83. The van der Waals surface area contributed by atoms with Crippen LogP contribution in [0.5, 0.6) is 0 Å². The first kappa shape index (κ1) is 15.4. The molecule has 0 radical (unpaired) electrons. The highest BCUT2D eigenvalue weighted by Crippen LogP contribution is 2.20. The molecule has 3 nitrogen and oxygen atoms in total. The largest absolute Gasteiger partial charge is 0.385 e. The van der Waals surface area contributed by atoms with E-state index in [2.05, 4.69) is 12.2 Å². The van der Waals surface area contributed by atoms with Crippen LogP contribution in [0.1, 0.15) is 25.0 Å². The number of ether oxygens (including phenoxy) is 2. The summed E-state index contributed by atoms with van der Waals surface area (Å²) in [5, 5.41) is 4.05. The summed E-state index contributed by atoms with van der Waals surface area (Å²) < 4.78 is 10.9. The molecule has 1 aromatic carbocycles. The maximum absolute atomic E-state index is 6.01. The summed E-state index contributed by atoms with van der Waals surface area (Å²) in [6.45, 7) is 5.22. The van der Waals surface area contributed by atoms with Crippen molar-refractivity contribution in [2.75, 3.05) is 33.4 Å². The van der Waals surface area contributed by atoms with Crippen molar-refractivity contribution in [3.05, 3.63) is 34.9 Å². The molecular formula is C14H22ClNO2. The minimum Gasteiger partial charge on any atom is -0.385 e. The number of likely N-dealkylation sites (N-methyl/N-ethyl adjacent to an activating group) is 1. The van der Waals surface area contributed by atoms with Crippen LogP contribution in [0.4, 0.5) is 0 Å². The Morgan fingerprint density at radius 3 is 2.83 bits per heavy atom. The smallest absolute Gasteiger partial charge is 0.0949 e. The number of methoxy groups -OCH3 is 1. The first-order valence-electron chi connectivity index (χ1n) is 6.34. The first-order valence-corrected chi connectivity index (χ1v) is 6.72. The van der Waals surface area contributed by atoms with Crippen molar-refractivity contribution in [1.29, 1.82) is 0 Å². The van der Waals surface area contributed by atoms with E-state index in [1.54, 1.807) is 7.11 Å². The summed E-state index contributed by atoms with van der Waals surface area (Å²) in [5.74, 6) is 0. The van der Waals surface area contributed by atoms with Crippen LogP contribution < -0.4 is 5.32 Å². The van der Waals surface area contributed by atoms with Crippen LogP contribution in [0.2, 0.25) is 5.02 Å². The lowest BCUT2D eigenvalue weighted by Gasteiger charge is -2.19. The fraction of sp³-hybridized carbons (Fsp3) is 0.571. The Labute approximate surface area is 114 Å². The van der Waals surface area contributed by atoms with Gasteiger partial charge in [-0.15, -0.1) is 0 Å². The van der Waals surface area contributed by atoms with Gasteiger partial charge in [-0.05, 0) is 30.7 Å². The Balaban J connectivity index is 2.54. The summed E-state index contributed by atoms with van der Waals surface area (Å²) in [6.07, 6.45) is 0.945. The van der Waals surface area contributed by atoms with Crippen molar-refractivity contribution in [1.82, 2.24) is 5.32 Å². The highest BCUT2D eigenvalue weighted by atomic mass is 35.5. The molecule has 1 aromatic rings. The van der Waals surface area contributed by atoms with E-state index < -0.39 is 0 Å². The Kier molecular flexibility index (Phi) is 8.01. The van der Waals surface area contributed by atoms with Crippen LogP contribution in [0.15, 0.2) is 24.3 Å². The second-order valence-electron chi connectivity index (χ2n) is 4.07.